The average molecular weight is 392 g/mol. The molecule has 0 aliphatic heterocycles. The summed E-state index contributed by atoms with van der Waals surface area (Å²) >= 11 is 0. The van der Waals surface area contributed by atoms with E-state index < -0.39 is 0 Å². The van der Waals surface area contributed by atoms with Crippen LogP contribution in [0, 0.1) is 6.92 Å². The van der Waals surface area contributed by atoms with E-state index in [1.54, 1.807) is 0 Å². The third-order valence-corrected chi connectivity index (χ3v) is 5.50. The number of hydrogen-bond donors (Lipinski definition) is 2. The number of aryl methyl sites for hydroxylation is 2. The number of fused-ring (bicyclic) bond motifs is 1. The van der Waals surface area contributed by atoms with Gasteiger partial charge < -0.3 is 15.8 Å². The molecule has 0 radical (unpaired) electrons. The topological polar surface area (TPSA) is 86.0 Å². The standard InChI is InChI=1S/C23H29N5O/c1-3-5-16-13-25-23(26-14-16)28-17-8-10-18(11-9-17)29-21-7-4-6-20-22(21)19(24)12-15(2)27-20/h4,6-7,12-14,17-18H,3,5,8-11H2,1-2H3,(H2,24,27)(H,25,26,28). The van der Waals surface area contributed by atoms with E-state index in [1.165, 1.54) is 5.56 Å². The highest BCUT2D eigenvalue weighted by Gasteiger charge is 2.23. The monoisotopic (exact) mass is 391 g/mol. The molecule has 152 valence electrons. The SMILES string of the molecule is CCCc1cnc(NC2CCC(Oc3cccc4nc(C)cc(N)c34)CC2)nc1. The fraction of sp³-hybridized carbons (Fsp3) is 0.435. The fourth-order valence-corrected chi connectivity index (χ4v) is 4.05. The summed E-state index contributed by atoms with van der Waals surface area (Å²) in [6.07, 6.45) is 10.2. The summed E-state index contributed by atoms with van der Waals surface area (Å²) in [5.41, 5.74) is 9.98. The number of hydrogen-bond acceptors (Lipinski definition) is 6. The van der Waals surface area contributed by atoms with Crippen LogP contribution in [-0.2, 0) is 6.42 Å². The summed E-state index contributed by atoms with van der Waals surface area (Å²) < 4.78 is 6.35. The molecule has 4 rings (SSSR count). The minimum atomic E-state index is 0.187. The Morgan fingerprint density at radius 3 is 2.62 bits per heavy atom. The molecule has 3 aromatic rings. The second-order valence-electron chi connectivity index (χ2n) is 7.90. The van der Waals surface area contributed by atoms with Gasteiger partial charge in [0, 0.05) is 29.8 Å². The molecule has 2 aromatic heterocycles. The van der Waals surface area contributed by atoms with Crippen molar-refractivity contribution in [3.8, 4) is 5.75 Å². The number of nitrogens with two attached hydrogens (primary N) is 1. The number of nitrogen functional groups attached to an aromatic ring is 1. The second-order valence-corrected chi connectivity index (χ2v) is 7.90. The minimum absolute atomic E-state index is 0.187. The molecule has 1 aliphatic carbocycles. The lowest BCUT2D eigenvalue weighted by Gasteiger charge is -2.30. The maximum atomic E-state index is 6.35. The predicted molar refractivity (Wildman–Crippen MR) is 117 cm³/mol. The van der Waals surface area contributed by atoms with Gasteiger partial charge in [-0.3, -0.25) is 4.98 Å². The van der Waals surface area contributed by atoms with Crippen LogP contribution < -0.4 is 15.8 Å². The van der Waals surface area contributed by atoms with Crippen LogP contribution in [0.4, 0.5) is 11.6 Å². The molecular weight excluding hydrogens is 362 g/mol. The van der Waals surface area contributed by atoms with Crippen molar-refractivity contribution in [2.75, 3.05) is 11.1 Å². The van der Waals surface area contributed by atoms with Crippen molar-refractivity contribution < 1.29 is 4.74 Å². The average Bonchev–Trinajstić information content (AvgIpc) is 2.71. The molecule has 0 saturated heterocycles. The molecule has 0 unspecified atom stereocenters. The van der Waals surface area contributed by atoms with Gasteiger partial charge in [0.1, 0.15) is 5.75 Å². The van der Waals surface area contributed by atoms with E-state index in [2.05, 4.69) is 27.2 Å². The third kappa shape index (κ3) is 4.58. The van der Waals surface area contributed by atoms with Gasteiger partial charge >= 0.3 is 0 Å². The summed E-state index contributed by atoms with van der Waals surface area (Å²) in [6.45, 7) is 4.12. The van der Waals surface area contributed by atoms with Crippen molar-refractivity contribution in [3.05, 3.63) is 47.9 Å². The van der Waals surface area contributed by atoms with Crippen LogP contribution in [0.1, 0.15) is 50.3 Å². The van der Waals surface area contributed by atoms with Crippen LogP contribution in [0.3, 0.4) is 0 Å². The lowest BCUT2D eigenvalue weighted by Crippen LogP contribution is -2.31. The Labute approximate surface area is 171 Å². The van der Waals surface area contributed by atoms with Crippen molar-refractivity contribution in [3.63, 3.8) is 0 Å². The van der Waals surface area contributed by atoms with Crippen molar-refractivity contribution in [2.45, 2.75) is 64.5 Å². The van der Waals surface area contributed by atoms with E-state index in [0.717, 1.165) is 72.5 Å². The Balaban J connectivity index is 1.36. The number of benzene rings is 1. The van der Waals surface area contributed by atoms with Gasteiger partial charge in [-0.05, 0) is 62.8 Å². The molecule has 1 saturated carbocycles. The lowest BCUT2D eigenvalue weighted by molar-refractivity contribution is 0.152. The predicted octanol–water partition coefficient (Wildman–Crippen LogP) is 4.67. The summed E-state index contributed by atoms with van der Waals surface area (Å²) in [7, 11) is 0. The molecule has 0 spiro atoms. The first kappa shape index (κ1) is 19.4. The van der Waals surface area contributed by atoms with Crippen molar-refractivity contribution in [2.24, 2.45) is 0 Å². The van der Waals surface area contributed by atoms with E-state index in [9.17, 15) is 0 Å². The van der Waals surface area contributed by atoms with Crippen molar-refractivity contribution >= 4 is 22.5 Å². The van der Waals surface area contributed by atoms with Gasteiger partial charge in [0.05, 0.1) is 17.0 Å². The lowest BCUT2D eigenvalue weighted by atomic mass is 9.93. The molecule has 3 N–H and O–H groups in total. The molecule has 1 fully saturated rings. The normalized spacial score (nSPS) is 19.2. The number of pyridine rings is 1. The maximum Gasteiger partial charge on any atom is 0.222 e. The largest absolute Gasteiger partial charge is 0.490 e. The minimum Gasteiger partial charge on any atom is -0.490 e. The first-order valence-electron chi connectivity index (χ1n) is 10.5. The Morgan fingerprint density at radius 2 is 1.90 bits per heavy atom. The van der Waals surface area contributed by atoms with Gasteiger partial charge in [-0.2, -0.15) is 0 Å². The molecule has 0 atom stereocenters. The van der Waals surface area contributed by atoms with Crippen molar-refractivity contribution in [1.29, 1.82) is 0 Å². The first-order valence-corrected chi connectivity index (χ1v) is 10.5. The van der Waals surface area contributed by atoms with Crippen LogP contribution in [0.15, 0.2) is 36.7 Å². The zero-order valence-electron chi connectivity index (χ0n) is 17.2. The summed E-state index contributed by atoms with van der Waals surface area (Å²) in [4.78, 5) is 13.5. The summed E-state index contributed by atoms with van der Waals surface area (Å²) in [5, 5.41) is 4.39. The van der Waals surface area contributed by atoms with Crippen LogP contribution in [0.25, 0.3) is 10.9 Å². The van der Waals surface area contributed by atoms with Crippen LogP contribution in [0.5, 0.6) is 5.75 Å². The van der Waals surface area contributed by atoms with Gasteiger partial charge in [0.2, 0.25) is 5.95 Å². The smallest absolute Gasteiger partial charge is 0.222 e. The van der Waals surface area contributed by atoms with E-state index in [1.807, 2.05) is 43.6 Å². The Kier molecular flexibility index (Phi) is 5.79. The number of anilines is 2. The highest BCUT2D eigenvalue weighted by Crippen LogP contribution is 2.33. The second kappa shape index (κ2) is 8.64. The van der Waals surface area contributed by atoms with E-state index >= 15 is 0 Å². The van der Waals surface area contributed by atoms with Gasteiger partial charge in [-0.15, -0.1) is 0 Å². The number of rotatable bonds is 6. The molecule has 2 heterocycles. The molecule has 0 bridgehead atoms. The number of ether oxygens (including phenoxy) is 1. The first-order chi connectivity index (χ1) is 14.1. The molecule has 0 amide bonds. The van der Waals surface area contributed by atoms with Gasteiger partial charge in [-0.25, -0.2) is 9.97 Å². The third-order valence-electron chi connectivity index (χ3n) is 5.50. The van der Waals surface area contributed by atoms with Crippen LogP contribution >= 0.6 is 0 Å². The summed E-state index contributed by atoms with van der Waals surface area (Å²) in [6, 6.07) is 8.25. The molecule has 6 heteroatoms. The molecule has 1 aliphatic rings. The van der Waals surface area contributed by atoms with Crippen LogP contribution in [-0.4, -0.2) is 27.1 Å². The maximum absolute atomic E-state index is 6.35. The Hall–Kier alpha value is -2.89. The highest BCUT2D eigenvalue weighted by molar-refractivity contribution is 5.95. The zero-order chi connectivity index (χ0) is 20.2. The molecule has 6 nitrogen and oxygen atoms in total. The fourth-order valence-electron chi connectivity index (χ4n) is 4.05. The highest BCUT2D eigenvalue weighted by atomic mass is 16.5. The Bertz CT molecular complexity index is 965. The zero-order valence-corrected chi connectivity index (χ0v) is 17.2. The van der Waals surface area contributed by atoms with Crippen molar-refractivity contribution in [1.82, 2.24) is 15.0 Å². The van der Waals surface area contributed by atoms with E-state index in [-0.39, 0.29) is 6.10 Å². The number of nitrogens with zero attached hydrogens (tertiary/aromatic N) is 3. The van der Waals surface area contributed by atoms with Gasteiger partial charge in [0.25, 0.3) is 0 Å². The van der Waals surface area contributed by atoms with Gasteiger partial charge in [-0.1, -0.05) is 19.4 Å². The Morgan fingerprint density at radius 1 is 1.14 bits per heavy atom. The quantitative estimate of drug-likeness (QED) is 0.635. The molecule has 1 aromatic carbocycles. The van der Waals surface area contributed by atoms with E-state index in [4.69, 9.17) is 10.5 Å². The van der Waals surface area contributed by atoms with E-state index in [0.29, 0.717) is 6.04 Å². The van der Waals surface area contributed by atoms with Gasteiger partial charge in [0.15, 0.2) is 0 Å². The van der Waals surface area contributed by atoms with Crippen LogP contribution in [0.2, 0.25) is 0 Å². The summed E-state index contributed by atoms with van der Waals surface area (Å²) in [5.74, 6) is 1.55. The number of aromatic nitrogens is 3. The number of nitrogens with one attached hydrogen (secondary N) is 1. The molecule has 29 heavy (non-hydrogen) atoms. The molecular formula is C23H29N5O.